The molecule has 2 aromatic rings. The maximum atomic E-state index is 13.0. The van der Waals surface area contributed by atoms with Gasteiger partial charge in [0.25, 0.3) is 0 Å². The minimum atomic E-state index is -0.448. The summed E-state index contributed by atoms with van der Waals surface area (Å²) >= 11 is 3.34. The van der Waals surface area contributed by atoms with Crippen LogP contribution in [0.15, 0.2) is 22.7 Å². The summed E-state index contributed by atoms with van der Waals surface area (Å²) in [6.07, 6.45) is 0. The van der Waals surface area contributed by atoms with E-state index in [1.165, 1.54) is 6.07 Å². The van der Waals surface area contributed by atoms with Crippen LogP contribution in [0.2, 0.25) is 0 Å². The van der Waals surface area contributed by atoms with Crippen LogP contribution in [0.3, 0.4) is 0 Å². The van der Waals surface area contributed by atoms with Gasteiger partial charge in [-0.3, -0.25) is 0 Å². The second-order valence-corrected chi connectivity index (χ2v) is 4.26. The van der Waals surface area contributed by atoms with Crippen LogP contribution in [-0.2, 0) is 0 Å². The molecule has 2 rings (SSSR count). The van der Waals surface area contributed by atoms with Gasteiger partial charge in [-0.1, -0.05) is 11.6 Å². The van der Waals surface area contributed by atoms with Crippen LogP contribution in [0, 0.1) is 19.8 Å². The molecule has 0 radical (unpaired) electrons. The zero-order valence-electron chi connectivity index (χ0n) is 7.94. The molecule has 0 atom stereocenters. The molecule has 0 saturated carbocycles. The Morgan fingerprint density at radius 2 is 1.93 bits per heavy atom. The molecular weight excluding hydrogens is 245 g/mol. The number of nitrogens with zero attached hydrogens (tertiary/aromatic N) is 1. The van der Waals surface area contributed by atoms with Gasteiger partial charge in [-0.15, -0.1) is 0 Å². The van der Waals surface area contributed by atoms with Crippen molar-refractivity contribution >= 4 is 26.8 Å². The standard InChI is InChI=1S/C11H9BrFN/c1-6-3-7(2)11-8(4-6)9(12)5-10(13)14-11/h3-5H,1-2H3. The molecule has 0 unspecified atom stereocenters. The number of hydrogen-bond donors (Lipinski definition) is 0. The van der Waals surface area contributed by atoms with Gasteiger partial charge >= 0.3 is 0 Å². The van der Waals surface area contributed by atoms with Gasteiger partial charge in [-0.25, -0.2) is 4.98 Å². The third-order valence-electron chi connectivity index (χ3n) is 2.17. The zero-order chi connectivity index (χ0) is 10.3. The van der Waals surface area contributed by atoms with E-state index in [-0.39, 0.29) is 0 Å². The molecule has 1 aromatic heterocycles. The summed E-state index contributed by atoms with van der Waals surface area (Å²) in [5.74, 6) is -0.448. The quantitative estimate of drug-likeness (QED) is 0.652. The molecule has 0 spiro atoms. The molecule has 0 amide bonds. The van der Waals surface area contributed by atoms with Crippen LogP contribution < -0.4 is 0 Å². The molecule has 0 aliphatic carbocycles. The molecule has 0 bridgehead atoms. The summed E-state index contributed by atoms with van der Waals surface area (Å²) in [4.78, 5) is 3.88. The number of pyridine rings is 1. The number of aryl methyl sites for hydroxylation is 2. The van der Waals surface area contributed by atoms with Crippen molar-refractivity contribution in [2.45, 2.75) is 13.8 Å². The Kier molecular flexibility index (Phi) is 2.27. The molecule has 1 heterocycles. The van der Waals surface area contributed by atoms with Gasteiger partial charge in [-0.2, -0.15) is 4.39 Å². The predicted octanol–water partition coefficient (Wildman–Crippen LogP) is 3.75. The van der Waals surface area contributed by atoms with Crippen LogP contribution in [0.1, 0.15) is 11.1 Å². The molecule has 0 aliphatic heterocycles. The number of benzene rings is 1. The second-order valence-electron chi connectivity index (χ2n) is 3.40. The Hall–Kier alpha value is -0.960. The Bertz CT molecular complexity index is 461. The molecule has 0 N–H and O–H groups in total. The second kappa shape index (κ2) is 3.31. The van der Waals surface area contributed by atoms with Crippen molar-refractivity contribution in [1.29, 1.82) is 0 Å². The van der Waals surface area contributed by atoms with Crippen LogP contribution in [0.5, 0.6) is 0 Å². The van der Waals surface area contributed by atoms with E-state index in [2.05, 4.69) is 20.9 Å². The van der Waals surface area contributed by atoms with Crippen molar-refractivity contribution in [1.82, 2.24) is 4.98 Å². The lowest BCUT2D eigenvalue weighted by atomic mass is 10.1. The molecule has 3 heteroatoms. The molecule has 0 saturated heterocycles. The Labute approximate surface area is 90.1 Å². The maximum Gasteiger partial charge on any atom is 0.214 e. The van der Waals surface area contributed by atoms with Crippen LogP contribution in [0.4, 0.5) is 4.39 Å². The first-order chi connectivity index (χ1) is 6.58. The van der Waals surface area contributed by atoms with Gasteiger partial charge in [0.15, 0.2) is 0 Å². The molecule has 14 heavy (non-hydrogen) atoms. The summed E-state index contributed by atoms with van der Waals surface area (Å²) in [7, 11) is 0. The van der Waals surface area contributed by atoms with Crippen LogP contribution in [-0.4, -0.2) is 4.98 Å². The van der Waals surface area contributed by atoms with Crippen molar-refractivity contribution in [3.63, 3.8) is 0 Å². The monoisotopic (exact) mass is 253 g/mol. The van der Waals surface area contributed by atoms with E-state index in [9.17, 15) is 4.39 Å². The topological polar surface area (TPSA) is 12.9 Å². The largest absolute Gasteiger partial charge is 0.219 e. The highest BCUT2D eigenvalue weighted by Crippen LogP contribution is 2.26. The van der Waals surface area contributed by atoms with Crippen molar-refractivity contribution in [2.75, 3.05) is 0 Å². The number of hydrogen-bond acceptors (Lipinski definition) is 1. The molecule has 1 nitrogen and oxygen atoms in total. The average molecular weight is 254 g/mol. The lowest BCUT2D eigenvalue weighted by Crippen LogP contribution is -1.90. The average Bonchev–Trinajstić information content (AvgIpc) is 2.07. The molecule has 72 valence electrons. The van der Waals surface area contributed by atoms with Crippen molar-refractivity contribution < 1.29 is 4.39 Å². The van der Waals surface area contributed by atoms with Gasteiger partial charge in [-0.05, 0) is 41.4 Å². The van der Waals surface area contributed by atoms with Crippen molar-refractivity contribution in [3.05, 3.63) is 39.7 Å². The summed E-state index contributed by atoms with van der Waals surface area (Å²) in [6.45, 7) is 3.95. The predicted molar refractivity (Wildman–Crippen MR) is 58.9 cm³/mol. The first kappa shape index (κ1) is 9.59. The Morgan fingerprint density at radius 1 is 1.21 bits per heavy atom. The summed E-state index contributed by atoms with van der Waals surface area (Å²) < 4.78 is 13.8. The van der Waals surface area contributed by atoms with Gasteiger partial charge in [0.05, 0.1) is 5.52 Å². The van der Waals surface area contributed by atoms with Gasteiger partial charge < -0.3 is 0 Å². The van der Waals surface area contributed by atoms with Crippen LogP contribution in [0.25, 0.3) is 10.9 Å². The lowest BCUT2D eigenvalue weighted by molar-refractivity contribution is 0.588. The highest BCUT2D eigenvalue weighted by atomic mass is 79.9. The maximum absolute atomic E-state index is 13.0. The van der Waals surface area contributed by atoms with Gasteiger partial charge in [0, 0.05) is 15.9 Å². The zero-order valence-corrected chi connectivity index (χ0v) is 9.52. The third kappa shape index (κ3) is 1.52. The third-order valence-corrected chi connectivity index (χ3v) is 2.82. The van der Waals surface area contributed by atoms with Gasteiger partial charge in [0.1, 0.15) is 0 Å². The summed E-state index contributed by atoms with van der Waals surface area (Å²) in [6, 6.07) is 5.39. The van der Waals surface area contributed by atoms with Gasteiger partial charge in [0.2, 0.25) is 5.95 Å². The number of rotatable bonds is 0. The Morgan fingerprint density at radius 3 is 2.64 bits per heavy atom. The van der Waals surface area contributed by atoms with E-state index in [1.807, 2.05) is 26.0 Å². The van der Waals surface area contributed by atoms with E-state index in [1.54, 1.807) is 0 Å². The highest BCUT2D eigenvalue weighted by molar-refractivity contribution is 9.10. The minimum Gasteiger partial charge on any atom is -0.219 e. The molecular formula is C11H9BrFN. The fourth-order valence-corrected chi connectivity index (χ4v) is 2.10. The normalized spacial score (nSPS) is 10.9. The SMILES string of the molecule is Cc1cc(C)c2nc(F)cc(Br)c2c1. The molecule has 0 fully saturated rings. The van der Waals surface area contributed by atoms with Crippen LogP contribution >= 0.6 is 15.9 Å². The first-order valence-electron chi connectivity index (χ1n) is 4.31. The fraction of sp³-hybridized carbons (Fsp3) is 0.182. The molecule has 1 aromatic carbocycles. The molecule has 0 aliphatic rings. The number of aromatic nitrogens is 1. The first-order valence-corrected chi connectivity index (χ1v) is 5.10. The summed E-state index contributed by atoms with van der Waals surface area (Å²) in [5, 5.41) is 0.962. The minimum absolute atomic E-state index is 0.448. The Balaban J connectivity index is 2.94. The van der Waals surface area contributed by atoms with Crippen molar-refractivity contribution in [3.8, 4) is 0 Å². The smallest absolute Gasteiger partial charge is 0.214 e. The highest BCUT2D eigenvalue weighted by Gasteiger charge is 2.06. The van der Waals surface area contributed by atoms with Crippen molar-refractivity contribution in [2.24, 2.45) is 0 Å². The van der Waals surface area contributed by atoms with E-state index in [0.29, 0.717) is 0 Å². The van der Waals surface area contributed by atoms with E-state index in [4.69, 9.17) is 0 Å². The summed E-state index contributed by atoms with van der Waals surface area (Å²) in [5.41, 5.74) is 2.88. The fourth-order valence-electron chi connectivity index (χ4n) is 1.61. The van der Waals surface area contributed by atoms with E-state index in [0.717, 1.165) is 26.5 Å². The number of halogens is 2. The lowest BCUT2D eigenvalue weighted by Gasteiger charge is -2.05. The number of fused-ring (bicyclic) bond motifs is 1. The van der Waals surface area contributed by atoms with E-state index < -0.39 is 5.95 Å². The van der Waals surface area contributed by atoms with E-state index >= 15 is 0 Å².